The summed E-state index contributed by atoms with van der Waals surface area (Å²) in [5, 5.41) is 2.77. The minimum Gasteiger partial charge on any atom is -0.469 e. The molecule has 0 bridgehead atoms. The number of hydrogen-bond donors (Lipinski definition) is 1. The van der Waals surface area contributed by atoms with Gasteiger partial charge in [0.25, 0.3) is 0 Å². The summed E-state index contributed by atoms with van der Waals surface area (Å²) >= 11 is 0. The fourth-order valence-electron chi connectivity index (χ4n) is 3.05. The average molecular weight is 383 g/mol. The number of amides is 1. The van der Waals surface area contributed by atoms with Crippen LogP contribution in [0.3, 0.4) is 0 Å². The molecule has 0 unspecified atom stereocenters. The van der Waals surface area contributed by atoms with Crippen LogP contribution < -0.4 is 5.32 Å². The van der Waals surface area contributed by atoms with Crippen molar-refractivity contribution in [1.82, 2.24) is 5.32 Å². The molecule has 6 heteroatoms. The molecule has 1 N–H and O–H groups in total. The van der Waals surface area contributed by atoms with Crippen molar-refractivity contribution in [3.8, 4) is 0 Å². The Balaban J connectivity index is 2.31. The molecule has 2 aromatic rings. The zero-order valence-electron chi connectivity index (χ0n) is 16.3. The Morgan fingerprint density at radius 2 is 1.36 bits per heavy atom. The Morgan fingerprint density at radius 3 is 1.79 bits per heavy atom. The lowest BCUT2D eigenvalue weighted by molar-refractivity contribution is -0.148. The number of ether oxygens (including phenoxy) is 2. The lowest BCUT2D eigenvalue weighted by Crippen LogP contribution is -2.48. The van der Waals surface area contributed by atoms with E-state index >= 15 is 0 Å². The van der Waals surface area contributed by atoms with Crippen molar-refractivity contribution in [2.75, 3.05) is 14.2 Å². The molecule has 0 aliphatic rings. The highest BCUT2D eigenvalue weighted by Gasteiger charge is 2.32. The topological polar surface area (TPSA) is 81.7 Å². The number of benzene rings is 2. The minimum absolute atomic E-state index is 0.0160. The number of rotatable bonds is 8. The predicted molar refractivity (Wildman–Crippen MR) is 104 cm³/mol. The van der Waals surface area contributed by atoms with E-state index in [0.717, 1.165) is 11.1 Å². The van der Waals surface area contributed by atoms with Gasteiger partial charge in [-0.15, -0.1) is 0 Å². The van der Waals surface area contributed by atoms with Crippen molar-refractivity contribution in [3.63, 3.8) is 0 Å². The van der Waals surface area contributed by atoms with Gasteiger partial charge < -0.3 is 14.8 Å². The largest absolute Gasteiger partial charge is 0.469 e. The van der Waals surface area contributed by atoms with Crippen LogP contribution in [0.2, 0.25) is 0 Å². The molecule has 0 aromatic heterocycles. The Hall–Kier alpha value is -3.15. The van der Waals surface area contributed by atoms with Gasteiger partial charge in [-0.1, -0.05) is 67.6 Å². The lowest BCUT2D eigenvalue weighted by atomic mass is 9.89. The van der Waals surface area contributed by atoms with Gasteiger partial charge in [0, 0.05) is 0 Å². The summed E-state index contributed by atoms with van der Waals surface area (Å²) in [6.07, 6.45) is -0.0160. The molecule has 2 rings (SSSR count). The summed E-state index contributed by atoms with van der Waals surface area (Å²) in [6, 6.07) is 17.7. The molecule has 2 aromatic carbocycles. The van der Waals surface area contributed by atoms with Crippen LogP contribution in [0, 0.1) is 5.92 Å². The van der Waals surface area contributed by atoms with Crippen LogP contribution in [-0.4, -0.2) is 38.1 Å². The van der Waals surface area contributed by atoms with Gasteiger partial charge in [0.1, 0.15) is 6.04 Å². The van der Waals surface area contributed by atoms with Gasteiger partial charge in [-0.25, -0.2) is 4.79 Å². The predicted octanol–water partition coefficient (Wildman–Crippen LogP) is 2.68. The molecular weight excluding hydrogens is 358 g/mol. The SMILES string of the molecule is COC(=O)C[C@@H](C)[C@@H](NC(=O)C(c1ccccc1)c1ccccc1)C(=O)OC. The summed E-state index contributed by atoms with van der Waals surface area (Å²) < 4.78 is 9.51. The average Bonchev–Trinajstić information content (AvgIpc) is 2.73. The first kappa shape index (κ1) is 21.2. The van der Waals surface area contributed by atoms with E-state index in [1.165, 1.54) is 14.2 Å². The maximum Gasteiger partial charge on any atom is 0.328 e. The zero-order chi connectivity index (χ0) is 20.5. The van der Waals surface area contributed by atoms with E-state index in [4.69, 9.17) is 4.74 Å². The van der Waals surface area contributed by atoms with E-state index in [9.17, 15) is 14.4 Å². The molecule has 0 fully saturated rings. The molecule has 0 saturated carbocycles. The second-order valence-electron chi connectivity index (χ2n) is 6.52. The van der Waals surface area contributed by atoms with Crippen LogP contribution in [0.4, 0.5) is 0 Å². The molecule has 0 aliphatic carbocycles. The van der Waals surface area contributed by atoms with Crippen molar-refractivity contribution in [1.29, 1.82) is 0 Å². The van der Waals surface area contributed by atoms with E-state index in [0.29, 0.717) is 0 Å². The fourth-order valence-corrected chi connectivity index (χ4v) is 3.05. The second kappa shape index (κ2) is 10.3. The Morgan fingerprint density at radius 1 is 0.857 bits per heavy atom. The van der Waals surface area contributed by atoms with Crippen molar-refractivity contribution >= 4 is 17.8 Å². The third-order valence-electron chi connectivity index (χ3n) is 4.57. The van der Waals surface area contributed by atoms with Crippen molar-refractivity contribution in [3.05, 3.63) is 71.8 Å². The normalized spacial score (nSPS) is 12.7. The first-order chi connectivity index (χ1) is 13.5. The van der Waals surface area contributed by atoms with E-state index in [1.807, 2.05) is 60.7 Å². The Kier molecular flexibility index (Phi) is 7.75. The summed E-state index contributed by atoms with van der Waals surface area (Å²) in [6.45, 7) is 1.69. The zero-order valence-corrected chi connectivity index (χ0v) is 16.3. The van der Waals surface area contributed by atoms with E-state index < -0.39 is 29.8 Å². The molecule has 0 heterocycles. The van der Waals surface area contributed by atoms with Gasteiger partial charge in [0.05, 0.1) is 26.6 Å². The van der Waals surface area contributed by atoms with Gasteiger partial charge in [-0.3, -0.25) is 9.59 Å². The van der Waals surface area contributed by atoms with Crippen molar-refractivity contribution in [2.45, 2.75) is 25.3 Å². The van der Waals surface area contributed by atoms with Crippen LogP contribution in [-0.2, 0) is 23.9 Å². The first-order valence-corrected chi connectivity index (χ1v) is 9.02. The summed E-state index contributed by atoms with van der Waals surface area (Å²) in [5.41, 5.74) is 1.60. The molecule has 6 nitrogen and oxygen atoms in total. The highest BCUT2D eigenvalue weighted by molar-refractivity contribution is 5.91. The molecule has 28 heavy (non-hydrogen) atoms. The van der Waals surface area contributed by atoms with Crippen LogP contribution in [0.5, 0.6) is 0 Å². The highest BCUT2D eigenvalue weighted by atomic mass is 16.5. The molecule has 148 valence electrons. The van der Waals surface area contributed by atoms with Crippen LogP contribution in [0.25, 0.3) is 0 Å². The van der Waals surface area contributed by atoms with E-state index in [2.05, 4.69) is 10.1 Å². The summed E-state index contributed by atoms with van der Waals surface area (Å²) in [7, 11) is 2.53. The number of nitrogens with one attached hydrogen (secondary N) is 1. The summed E-state index contributed by atoms with van der Waals surface area (Å²) in [4.78, 5) is 37.1. The van der Waals surface area contributed by atoms with Gasteiger partial charge in [0.2, 0.25) is 5.91 Å². The van der Waals surface area contributed by atoms with Crippen LogP contribution >= 0.6 is 0 Å². The van der Waals surface area contributed by atoms with E-state index in [-0.39, 0.29) is 12.3 Å². The third kappa shape index (κ3) is 5.42. The lowest BCUT2D eigenvalue weighted by Gasteiger charge is -2.25. The number of carbonyl (C=O) groups is 3. The quantitative estimate of drug-likeness (QED) is 0.709. The number of carbonyl (C=O) groups excluding carboxylic acids is 3. The first-order valence-electron chi connectivity index (χ1n) is 9.02. The van der Waals surface area contributed by atoms with E-state index in [1.54, 1.807) is 6.92 Å². The van der Waals surface area contributed by atoms with Gasteiger partial charge >= 0.3 is 11.9 Å². The fraction of sp³-hybridized carbons (Fsp3) is 0.318. The Bertz CT molecular complexity index is 752. The molecule has 2 atom stereocenters. The highest BCUT2D eigenvalue weighted by Crippen LogP contribution is 2.25. The van der Waals surface area contributed by atoms with Crippen molar-refractivity contribution < 1.29 is 23.9 Å². The van der Waals surface area contributed by atoms with Gasteiger partial charge in [-0.05, 0) is 17.0 Å². The second-order valence-corrected chi connectivity index (χ2v) is 6.52. The summed E-state index contributed by atoms with van der Waals surface area (Å²) in [5.74, 6) is -2.50. The minimum atomic E-state index is -0.966. The van der Waals surface area contributed by atoms with Gasteiger partial charge in [-0.2, -0.15) is 0 Å². The maximum absolute atomic E-state index is 13.2. The Labute approximate surface area is 164 Å². The number of esters is 2. The van der Waals surface area contributed by atoms with Gasteiger partial charge in [0.15, 0.2) is 0 Å². The standard InChI is InChI=1S/C22H25NO5/c1-15(14-18(24)27-2)20(22(26)28-3)23-21(25)19(16-10-6-4-7-11-16)17-12-8-5-9-13-17/h4-13,15,19-20H,14H2,1-3H3,(H,23,25)/t15-,20-/m1/s1. The van der Waals surface area contributed by atoms with Crippen LogP contribution in [0.15, 0.2) is 60.7 Å². The number of hydrogen-bond acceptors (Lipinski definition) is 5. The smallest absolute Gasteiger partial charge is 0.328 e. The van der Waals surface area contributed by atoms with Crippen molar-refractivity contribution in [2.24, 2.45) is 5.92 Å². The molecule has 1 amide bonds. The molecule has 0 saturated heterocycles. The van der Waals surface area contributed by atoms with Crippen LogP contribution in [0.1, 0.15) is 30.4 Å². The molecule has 0 spiro atoms. The maximum atomic E-state index is 13.2. The molecule has 0 aliphatic heterocycles. The molecule has 0 radical (unpaired) electrons. The number of methoxy groups -OCH3 is 2. The molecular formula is C22H25NO5. The third-order valence-corrected chi connectivity index (χ3v) is 4.57. The monoisotopic (exact) mass is 383 g/mol.